The molecule has 0 fully saturated rings. The summed E-state index contributed by atoms with van der Waals surface area (Å²) in [6.45, 7) is 3.94. The van der Waals surface area contributed by atoms with Gasteiger partial charge in [0, 0.05) is 0 Å². The molecule has 0 aliphatic carbocycles. The van der Waals surface area contributed by atoms with Crippen LogP contribution in [0.5, 0.6) is 5.75 Å². The highest BCUT2D eigenvalue weighted by molar-refractivity contribution is 5.74. The molecule has 0 saturated heterocycles. The highest BCUT2D eigenvalue weighted by atomic mass is 16.5. The second kappa shape index (κ2) is 5.90. The van der Waals surface area contributed by atoms with Crippen LogP contribution in [0.1, 0.15) is 23.6 Å². The highest BCUT2D eigenvalue weighted by Crippen LogP contribution is 2.22. The molecule has 0 heterocycles. The van der Waals surface area contributed by atoms with Gasteiger partial charge < -0.3 is 9.47 Å². The van der Waals surface area contributed by atoms with Gasteiger partial charge in [0.2, 0.25) is 0 Å². The Morgan fingerprint density at radius 1 is 1.47 bits per heavy atom. The molecular formula is C13H15NO3. The fraction of sp³-hybridized carbons (Fsp3) is 0.385. The van der Waals surface area contributed by atoms with Gasteiger partial charge in [-0.1, -0.05) is 0 Å². The number of carbonyl (C=O) groups excluding carboxylic acids is 1. The van der Waals surface area contributed by atoms with Crippen LogP contribution < -0.4 is 4.74 Å². The lowest BCUT2D eigenvalue weighted by atomic mass is 9.99. The van der Waals surface area contributed by atoms with E-state index in [4.69, 9.17) is 14.7 Å². The standard InChI is InChI=1S/C13H15NO3/c1-4-17-13(15)7-12-9(2)5-11(16-3)6-10(12)8-14/h5-6H,4,7H2,1-3H3. The van der Waals surface area contributed by atoms with E-state index < -0.39 is 0 Å². The smallest absolute Gasteiger partial charge is 0.310 e. The number of esters is 1. The van der Waals surface area contributed by atoms with E-state index in [0.717, 1.165) is 5.56 Å². The van der Waals surface area contributed by atoms with Crippen molar-refractivity contribution in [3.63, 3.8) is 0 Å². The molecule has 0 aliphatic rings. The van der Waals surface area contributed by atoms with Gasteiger partial charge in [-0.05, 0) is 37.1 Å². The lowest BCUT2D eigenvalue weighted by molar-refractivity contribution is -0.142. The van der Waals surface area contributed by atoms with E-state index >= 15 is 0 Å². The summed E-state index contributed by atoms with van der Waals surface area (Å²) in [6, 6.07) is 5.50. The minimum atomic E-state index is -0.322. The average Bonchev–Trinajstić information content (AvgIpc) is 2.31. The molecule has 0 radical (unpaired) electrons. The Labute approximate surface area is 101 Å². The zero-order valence-corrected chi connectivity index (χ0v) is 10.2. The van der Waals surface area contributed by atoms with Crippen LogP contribution in [0.2, 0.25) is 0 Å². The maximum Gasteiger partial charge on any atom is 0.310 e. The second-order valence-corrected chi connectivity index (χ2v) is 3.56. The van der Waals surface area contributed by atoms with Gasteiger partial charge in [0.05, 0.1) is 31.8 Å². The summed E-state index contributed by atoms with van der Waals surface area (Å²) in [5.41, 5.74) is 2.01. The topological polar surface area (TPSA) is 59.3 Å². The van der Waals surface area contributed by atoms with Crippen molar-refractivity contribution in [3.8, 4) is 11.8 Å². The molecule has 4 nitrogen and oxygen atoms in total. The molecule has 0 aliphatic heterocycles. The first-order valence-corrected chi connectivity index (χ1v) is 5.35. The molecule has 0 aromatic heterocycles. The lowest BCUT2D eigenvalue weighted by Gasteiger charge is -2.10. The summed E-state index contributed by atoms with van der Waals surface area (Å²) in [6.07, 6.45) is 0.118. The minimum absolute atomic E-state index is 0.118. The van der Waals surface area contributed by atoms with E-state index in [9.17, 15) is 4.79 Å². The second-order valence-electron chi connectivity index (χ2n) is 3.56. The summed E-state index contributed by atoms with van der Waals surface area (Å²) in [5, 5.41) is 9.05. The third-order valence-corrected chi connectivity index (χ3v) is 2.43. The molecule has 0 bridgehead atoms. The van der Waals surface area contributed by atoms with Crippen LogP contribution in [0, 0.1) is 18.3 Å². The first-order valence-electron chi connectivity index (χ1n) is 5.35. The number of methoxy groups -OCH3 is 1. The number of benzene rings is 1. The fourth-order valence-electron chi connectivity index (χ4n) is 1.59. The molecule has 90 valence electrons. The van der Waals surface area contributed by atoms with Crippen molar-refractivity contribution in [3.05, 3.63) is 28.8 Å². The molecule has 0 amide bonds. The Hall–Kier alpha value is -2.02. The van der Waals surface area contributed by atoms with E-state index in [1.165, 1.54) is 0 Å². The normalized spacial score (nSPS) is 9.53. The predicted octanol–water partition coefficient (Wildman–Crippen LogP) is 1.98. The van der Waals surface area contributed by atoms with E-state index in [1.54, 1.807) is 26.2 Å². The van der Waals surface area contributed by atoms with Crippen LogP contribution in [0.25, 0.3) is 0 Å². The average molecular weight is 233 g/mol. The van der Waals surface area contributed by atoms with Crippen LogP contribution in [-0.2, 0) is 16.0 Å². The Kier molecular flexibility index (Phi) is 4.53. The molecule has 0 N–H and O–H groups in total. The number of nitriles is 1. The lowest BCUT2D eigenvalue weighted by Crippen LogP contribution is -2.10. The Bertz CT molecular complexity index is 460. The predicted molar refractivity (Wildman–Crippen MR) is 62.8 cm³/mol. The molecular weight excluding hydrogens is 218 g/mol. The van der Waals surface area contributed by atoms with Gasteiger partial charge in [0.15, 0.2) is 0 Å². The monoisotopic (exact) mass is 233 g/mol. The maximum absolute atomic E-state index is 11.4. The number of hydrogen-bond acceptors (Lipinski definition) is 4. The van der Waals surface area contributed by atoms with Gasteiger partial charge >= 0.3 is 5.97 Å². The van der Waals surface area contributed by atoms with Gasteiger partial charge in [-0.2, -0.15) is 5.26 Å². The highest BCUT2D eigenvalue weighted by Gasteiger charge is 2.13. The van der Waals surface area contributed by atoms with Crippen molar-refractivity contribution in [2.45, 2.75) is 20.3 Å². The van der Waals surface area contributed by atoms with Crippen LogP contribution in [0.4, 0.5) is 0 Å². The third-order valence-electron chi connectivity index (χ3n) is 2.43. The Balaban J connectivity index is 3.07. The van der Waals surface area contributed by atoms with Crippen molar-refractivity contribution >= 4 is 5.97 Å². The molecule has 4 heteroatoms. The Morgan fingerprint density at radius 3 is 2.71 bits per heavy atom. The summed E-state index contributed by atoms with van der Waals surface area (Å²) in [4.78, 5) is 11.4. The van der Waals surface area contributed by atoms with Crippen molar-refractivity contribution in [1.29, 1.82) is 5.26 Å². The molecule has 1 rings (SSSR count). The van der Waals surface area contributed by atoms with Crippen molar-refractivity contribution in [2.24, 2.45) is 0 Å². The number of carbonyl (C=O) groups is 1. The van der Waals surface area contributed by atoms with E-state index in [0.29, 0.717) is 23.5 Å². The molecule has 0 spiro atoms. The quantitative estimate of drug-likeness (QED) is 0.746. The maximum atomic E-state index is 11.4. The van der Waals surface area contributed by atoms with E-state index in [-0.39, 0.29) is 12.4 Å². The zero-order chi connectivity index (χ0) is 12.8. The zero-order valence-electron chi connectivity index (χ0n) is 10.2. The van der Waals surface area contributed by atoms with E-state index in [2.05, 4.69) is 6.07 Å². The van der Waals surface area contributed by atoms with E-state index in [1.807, 2.05) is 6.92 Å². The van der Waals surface area contributed by atoms with Crippen LogP contribution >= 0.6 is 0 Å². The summed E-state index contributed by atoms with van der Waals surface area (Å²) in [5.74, 6) is 0.295. The Morgan fingerprint density at radius 2 is 2.18 bits per heavy atom. The van der Waals surface area contributed by atoms with Gasteiger partial charge in [-0.15, -0.1) is 0 Å². The number of hydrogen-bond donors (Lipinski definition) is 0. The van der Waals surface area contributed by atoms with Crippen LogP contribution in [0.3, 0.4) is 0 Å². The van der Waals surface area contributed by atoms with Gasteiger partial charge in [0.1, 0.15) is 5.75 Å². The molecule has 1 aromatic carbocycles. The SMILES string of the molecule is CCOC(=O)Cc1c(C)cc(OC)cc1C#N. The molecule has 17 heavy (non-hydrogen) atoms. The van der Waals surface area contributed by atoms with Gasteiger partial charge in [-0.25, -0.2) is 0 Å². The number of nitrogens with zero attached hydrogens (tertiary/aromatic N) is 1. The largest absolute Gasteiger partial charge is 0.497 e. The van der Waals surface area contributed by atoms with Crippen molar-refractivity contribution < 1.29 is 14.3 Å². The van der Waals surface area contributed by atoms with Crippen LogP contribution in [0.15, 0.2) is 12.1 Å². The molecule has 0 unspecified atom stereocenters. The number of aryl methyl sites for hydroxylation is 1. The molecule has 0 saturated carbocycles. The summed E-state index contributed by atoms with van der Waals surface area (Å²) in [7, 11) is 1.54. The fourth-order valence-corrected chi connectivity index (χ4v) is 1.59. The first kappa shape index (κ1) is 13.0. The molecule has 0 atom stereocenters. The minimum Gasteiger partial charge on any atom is -0.497 e. The third kappa shape index (κ3) is 3.22. The number of rotatable bonds is 4. The van der Waals surface area contributed by atoms with Crippen molar-refractivity contribution in [1.82, 2.24) is 0 Å². The summed E-state index contributed by atoms with van der Waals surface area (Å²) >= 11 is 0. The first-order chi connectivity index (χ1) is 8.12. The molecule has 1 aromatic rings. The summed E-state index contributed by atoms with van der Waals surface area (Å²) < 4.78 is 9.95. The van der Waals surface area contributed by atoms with Gasteiger partial charge in [-0.3, -0.25) is 4.79 Å². The van der Waals surface area contributed by atoms with Gasteiger partial charge in [0.25, 0.3) is 0 Å². The van der Waals surface area contributed by atoms with Crippen molar-refractivity contribution in [2.75, 3.05) is 13.7 Å². The number of ether oxygens (including phenoxy) is 2. The van der Waals surface area contributed by atoms with Crippen LogP contribution in [-0.4, -0.2) is 19.7 Å².